The van der Waals surface area contributed by atoms with E-state index in [1.807, 2.05) is 24.7 Å². The molecule has 1 N–H and O–H groups in total. The Balaban J connectivity index is 0.00000139. The number of piperidine rings is 1. The van der Waals surface area contributed by atoms with Crippen LogP contribution in [0.2, 0.25) is 0 Å². The van der Waals surface area contributed by atoms with Gasteiger partial charge >= 0.3 is 0 Å². The van der Waals surface area contributed by atoms with Crippen LogP contribution in [0, 0.1) is 10.1 Å². The predicted octanol–water partition coefficient (Wildman–Crippen LogP) is 3.97. The van der Waals surface area contributed by atoms with Gasteiger partial charge in [0.25, 0.3) is 5.70 Å². The molecule has 0 aliphatic carbocycles. The summed E-state index contributed by atoms with van der Waals surface area (Å²) in [5, 5.41) is 18.9. The summed E-state index contributed by atoms with van der Waals surface area (Å²) in [4.78, 5) is 10.8. The number of hydrogen-bond donors (Lipinski definition) is 1. The minimum atomic E-state index is -0.365. The van der Waals surface area contributed by atoms with E-state index in [-0.39, 0.29) is 10.6 Å². The lowest BCUT2D eigenvalue weighted by atomic mass is 10.1. The number of nitro groups is 1. The molecule has 0 amide bonds. The van der Waals surface area contributed by atoms with Gasteiger partial charge in [-0.25, -0.2) is 0 Å². The lowest BCUT2D eigenvalue weighted by molar-refractivity contribution is -0.420. The molecule has 132 valence electrons. The molecule has 24 heavy (non-hydrogen) atoms. The summed E-state index contributed by atoms with van der Waals surface area (Å²) >= 11 is 0. The summed E-state index contributed by atoms with van der Waals surface area (Å²) < 4.78 is 1.96. The van der Waals surface area contributed by atoms with Crippen LogP contribution in [0.15, 0.2) is 42.4 Å². The Hall–Kier alpha value is -2.21. The van der Waals surface area contributed by atoms with Crippen molar-refractivity contribution in [2.24, 2.45) is 0 Å². The van der Waals surface area contributed by atoms with Crippen LogP contribution in [0.4, 0.5) is 0 Å². The molecule has 0 saturated carbocycles. The van der Waals surface area contributed by atoms with E-state index in [4.69, 9.17) is 0 Å². The van der Waals surface area contributed by atoms with Gasteiger partial charge in [0.15, 0.2) is 0 Å². The molecule has 0 radical (unpaired) electrons. The van der Waals surface area contributed by atoms with Gasteiger partial charge in [-0.15, -0.1) is 0 Å². The molecule has 2 heterocycles. The number of nitrogens with one attached hydrogen (secondary N) is 1. The van der Waals surface area contributed by atoms with Crippen molar-refractivity contribution in [3.05, 3.63) is 58.1 Å². The quantitative estimate of drug-likeness (QED) is 0.503. The van der Waals surface area contributed by atoms with Crippen molar-refractivity contribution < 1.29 is 4.92 Å². The van der Waals surface area contributed by atoms with Crippen LogP contribution in [-0.2, 0) is 0 Å². The molecule has 6 nitrogen and oxygen atoms in total. The van der Waals surface area contributed by atoms with Gasteiger partial charge in [-0.05, 0) is 45.4 Å². The number of allylic oxidation sites excluding steroid dienone is 4. The standard InChI is InChI=1S/C16H22N4O2.C2H6/c1-4-13(9-16(12(2)3)20(21)22)14-10-18-19(11-14)15-5-7-17-8-6-15;1-2/h4,9-11,15,17H,1,5-8H2,2-3H3;1-2H3/b13-9+;. The molecule has 1 fully saturated rings. The van der Waals surface area contributed by atoms with Gasteiger partial charge in [-0.1, -0.05) is 26.5 Å². The third kappa shape index (κ3) is 5.16. The summed E-state index contributed by atoms with van der Waals surface area (Å²) in [6.07, 6.45) is 8.98. The molecule has 0 atom stereocenters. The van der Waals surface area contributed by atoms with Crippen molar-refractivity contribution in [2.45, 2.75) is 46.6 Å². The van der Waals surface area contributed by atoms with E-state index in [2.05, 4.69) is 17.0 Å². The van der Waals surface area contributed by atoms with Crippen LogP contribution < -0.4 is 5.32 Å². The summed E-state index contributed by atoms with van der Waals surface area (Å²) in [6.45, 7) is 13.2. The van der Waals surface area contributed by atoms with Crippen molar-refractivity contribution in [2.75, 3.05) is 13.1 Å². The molecule has 0 spiro atoms. The molecule has 1 aromatic rings. The summed E-state index contributed by atoms with van der Waals surface area (Å²) in [7, 11) is 0. The van der Waals surface area contributed by atoms with E-state index in [1.165, 1.54) is 0 Å². The molecule has 0 bridgehead atoms. The Morgan fingerprint density at radius 2 is 2.04 bits per heavy atom. The molecule has 0 aromatic carbocycles. The zero-order valence-corrected chi connectivity index (χ0v) is 15.1. The summed E-state index contributed by atoms with van der Waals surface area (Å²) in [5.41, 5.74) is 2.34. The first-order valence-electron chi connectivity index (χ1n) is 8.44. The van der Waals surface area contributed by atoms with Crippen LogP contribution >= 0.6 is 0 Å². The van der Waals surface area contributed by atoms with E-state index >= 15 is 0 Å². The highest BCUT2D eigenvalue weighted by atomic mass is 16.6. The first kappa shape index (κ1) is 19.8. The Bertz CT molecular complexity index is 619. The SMILES string of the molecule is C=C/C(=C\C(=C(C)C)[N+](=O)[O-])c1cnn(C2CCNCC2)c1.CC. The average Bonchev–Trinajstić information content (AvgIpc) is 3.07. The second-order valence-electron chi connectivity index (χ2n) is 5.64. The van der Waals surface area contributed by atoms with Crippen molar-refractivity contribution in [3.63, 3.8) is 0 Å². The van der Waals surface area contributed by atoms with Crippen molar-refractivity contribution >= 4 is 5.57 Å². The van der Waals surface area contributed by atoms with Crippen molar-refractivity contribution in [1.29, 1.82) is 0 Å². The fourth-order valence-electron chi connectivity index (χ4n) is 2.55. The first-order valence-corrected chi connectivity index (χ1v) is 8.44. The van der Waals surface area contributed by atoms with Crippen LogP contribution in [0.25, 0.3) is 5.57 Å². The van der Waals surface area contributed by atoms with Crippen LogP contribution in [-0.4, -0.2) is 27.8 Å². The second kappa shape index (κ2) is 9.82. The van der Waals surface area contributed by atoms with Gasteiger partial charge in [0.1, 0.15) is 0 Å². The molecular formula is C18H28N4O2. The van der Waals surface area contributed by atoms with Gasteiger partial charge < -0.3 is 5.32 Å². The molecule has 6 heteroatoms. The molecular weight excluding hydrogens is 304 g/mol. The topological polar surface area (TPSA) is 73.0 Å². The number of hydrogen-bond acceptors (Lipinski definition) is 4. The molecule has 1 aliphatic rings. The van der Waals surface area contributed by atoms with Crippen molar-refractivity contribution in [3.8, 4) is 0 Å². The molecule has 1 aromatic heterocycles. The highest BCUT2D eigenvalue weighted by Crippen LogP contribution is 2.23. The third-order valence-electron chi connectivity index (χ3n) is 3.84. The Morgan fingerprint density at radius 3 is 2.54 bits per heavy atom. The summed E-state index contributed by atoms with van der Waals surface area (Å²) in [5.74, 6) is 0. The number of rotatable bonds is 5. The van der Waals surface area contributed by atoms with E-state index < -0.39 is 0 Å². The maximum atomic E-state index is 11.1. The van der Waals surface area contributed by atoms with E-state index in [0.29, 0.717) is 17.2 Å². The maximum absolute atomic E-state index is 11.1. The third-order valence-corrected chi connectivity index (χ3v) is 3.84. The lowest BCUT2D eigenvalue weighted by Gasteiger charge is -2.22. The number of aromatic nitrogens is 2. The van der Waals surface area contributed by atoms with Gasteiger partial charge in [-0.3, -0.25) is 14.8 Å². The van der Waals surface area contributed by atoms with E-state index in [1.54, 1.807) is 32.2 Å². The molecule has 2 rings (SSSR count). The molecule has 1 saturated heterocycles. The van der Waals surface area contributed by atoms with Crippen molar-refractivity contribution in [1.82, 2.24) is 15.1 Å². The highest BCUT2D eigenvalue weighted by Gasteiger charge is 2.17. The molecule has 1 aliphatic heterocycles. The monoisotopic (exact) mass is 332 g/mol. The zero-order chi connectivity index (χ0) is 18.1. The average molecular weight is 332 g/mol. The largest absolute Gasteiger partial charge is 0.317 e. The molecule has 0 unspecified atom stereocenters. The smallest absolute Gasteiger partial charge is 0.268 e. The van der Waals surface area contributed by atoms with Gasteiger partial charge in [0.2, 0.25) is 0 Å². The zero-order valence-electron chi connectivity index (χ0n) is 15.1. The van der Waals surface area contributed by atoms with E-state index in [9.17, 15) is 10.1 Å². The van der Waals surface area contributed by atoms with Gasteiger partial charge in [0.05, 0.1) is 17.2 Å². The van der Waals surface area contributed by atoms with Crippen LogP contribution in [0.5, 0.6) is 0 Å². The van der Waals surface area contributed by atoms with Gasteiger partial charge in [0, 0.05) is 23.4 Å². The normalized spacial score (nSPS) is 15.2. The lowest BCUT2D eigenvalue weighted by Crippen LogP contribution is -2.29. The summed E-state index contributed by atoms with van der Waals surface area (Å²) in [6, 6.07) is 0.388. The fourth-order valence-corrected chi connectivity index (χ4v) is 2.55. The number of nitrogens with zero attached hydrogens (tertiary/aromatic N) is 3. The Morgan fingerprint density at radius 1 is 1.42 bits per heavy atom. The highest BCUT2D eigenvalue weighted by molar-refractivity contribution is 5.74. The Kier molecular flexibility index (Phi) is 8.12. The van der Waals surface area contributed by atoms with Gasteiger partial charge in [-0.2, -0.15) is 5.10 Å². The van der Waals surface area contributed by atoms with E-state index in [0.717, 1.165) is 31.5 Å². The minimum Gasteiger partial charge on any atom is -0.317 e. The maximum Gasteiger partial charge on any atom is 0.268 e. The predicted molar refractivity (Wildman–Crippen MR) is 98.3 cm³/mol. The van der Waals surface area contributed by atoms with Crippen LogP contribution in [0.1, 0.15) is 52.1 Å². The minimum absolute atomic E-state index is 0.101. The van der Waals surface area contributed by atoms with Crippen LogP contribution in [0.3, 0.4) is 0 Å². The second-order valence-corrected chi connectivity index (χ2v) is 5.64. The first-order chi connectivity index (χ1) is 11.5. The Labute approximate surface area is 144 Å². The fraction of sp³-hybridized carbons (Fsp3) is 0.500.